The van der Waals surface area contributed by atoms with Crippen LogP contribution in [-0.4, -0.2) is 23.8 Å². The molecule has 1 unspecified atom stereocenters. The Labute approximate surface area is 257 Å². The third-order valence-corrected chi connectivity index (χ3v) is 7.96. The number of benzene rings is 3. The number of thiazole rings is 1. The predicted octanol–water partition coefficient (Wildman–Crippen LogP) is 5.96. The second kappa shape index (κ2) is 13.4. The van der Waals surface area contributed by atoms with Gasteiger partial charge >= 0.3 is 5.97 Å². The zero-order chi connectivity index (χ0) is 30.5. The second-order valence-electron chi connectivity index (χ2n) is 9.82. The van der Waals surface area contributed by atoms with Gasteiger partial charge in [-0.2, -0.15) is 0 Å². The molecule has 1 aliphatic heterocycles. The van der Waals surface area contributed by atoms with Gasteiger partial charge in [0.1, 0.15) is 30.0 Å². The molecule has 0 bridgehead atoms. The van der Waals surface area contributed by atoms with Crippen molar-refractivity contribution >= 4 is 35.0 Å². The molecule has 0 saturated carbocycles. The first kappa shape index (κ1) is 30.3. The van der Waals surface area contributed by atoms with Gasteiger partial charge in [0.2, 0.25) is 0 Å². The van der Waals surface area contributed by atoms with Gasteiger partial charge in [0, 0.05) is 10.6 Å². The monoisotopic (exact) mass is 620 g/mol. The third-order valence-electron chi connectivity index (χ3n) is 6.74. The van der Waals surface area contributed by atoms with Crippen LogP contribution in [0.5, 0.6) is 11.5 Å². The lowest BCUT2D eigenvalue weighted by molar-refractivity contribution is -0.139. The van der Waals surface area contributed by atoms with E-state index in [4.69, 9.17) is 25.8 Å². The molecule has 43 heavy (non-hydrogen) atoms. The van der Waals surface area contributed by atoms with E-state index in [1.54, 1.807) is 50.3 Å². The summed E-state index contributed by atoms with van der Waals surface area (Å²) in [5, 5.41) is 0.445. The molecule has 5 rings (SSSR count). The van der Waals surface area contributed by atoms with Gasteiger partial charge in [-0.25, -0.2) is 14.2 Å². The minimum absolute atomic E-state index is 0.172. The van der Waals surface area contributed by atoms with Crippen molar-refractivity contribution in [3.8, 4) is 11.5 Å². The lowest BCUT2D eigenvalue weighted by Gasteiger charge is -2.26. The van der Waals surface area contributed by atoms with Gasteiger partial charge in [0.25, 0.3) is 5.56 Å². The number of carbonyl (C=O) groups excluding carboxylic acids is 1. The zero-order valence-electron chi connectivity index (χ0n) is 23.9. The van der Waals surface area contributed by atoms with Gasteiger partial charge in [0.05, 0.1) is 29.0 Å². The molecule has 1 atom stereocenters. The standard InChI is InChI=1S/C33H30ClFN2O5S/c1-4-16-41-27-15-10-23(34)18-26(27)30-29(32(39)40-5-2)20(3)36-33-37(30)31(38)28(43-33)17-21-8-13-25(14-9-21)42-19-22-6-11-24(35)12-7-22/h6-15,17-18,30H,4-5,16,19H2,1-3H3/b28-17-. The first-order valence-corrected chi connectivity index (χ1v) is 15.1. The Kier molecular flexibility index (Phi) is 9.43. The molecular formula is C33H30ClFN2O5S. The number of hydrogen-bond donors (Lipinski definition) is 0. The number of halogens is 2. The maximum absolute atomic E-state index is 14.0. The van der Waals surface area contributed by atoms with Gasteiger partial charge in [0.15, 0.2) is 4.80 Å². The lowest BCUT2D eigenvalue weighted by atomic mass is 9.95. The highest BCUT2D eigenvalue weighted by atomic mass is 35.5. The van der Waals surface area contributed by atoms with Gasteiger partial charge in [-0.1, -0.05) is 54.1 Å². The Morgan fingerprint density at radius 3 is 2.51 bits per heavy atom. The second-order valence-corrected chi connectivity index (χ2v) is 11.3. The largest absolute Gasteiger partial charge is 0.493 e. The Bertz CT molecular complexity index is 1850. The molecule has 1 aliphatic rings. The smallest absolute Gasteiger partial charge is 0.338 e. The number of ether oxygens (including phenoxy) is 3. The number of fused-ring (bicyclic) bond motifs is 1. The van der Waals surface area contributed by atoms with Crippen LogP contribution in [0.15, 0.2) is 87.8 Å². The van der Waals surface area contributed by atoms with Gasteiger partial charge in [-0.15, -0.1) is 0 Å². The van der Waals surface area contributed by atoms with Crippen LogP contribution in [0.2, 0.25) is 5.02 Å². The van der Waals surface area contributed by atoms with E-state index in [0.717, 1.165) is 17.5 Å². The summed E-state index contributed by atoms with van der Waals surface area (Å²) in [4.78, 5) is 32.3. The van der Waals surface area contributed by atoms with Crippen molar-refractivity contribution in [2.75, 3.05) is 13.2 Å². The fourth-order valence-corrected chi connectivity index (χ4v) is 5.95. The molecule has 0 saturated heterocycles. The van der Waals surface area contributed by atoms with E-state index >= 15 is 0 Å². The highest BCUT2D eigenvalue weighted by molar-refractivity contribution is 7.07. The molecule has 2 heterocycles. The Hall–Kier alpha value is -4.21. The molecule has 0 fully saturated rings. The number of rotatable bonds is 10. The van der Waals surface area contributed by atoms with Crippen LogP contribution in [0.1, 0.15) is 49.9 Å². The third kappa shape index (κ3) is 6.73. The first-order chi connectivity index (χ1) is 20.8. The number of allylic oxidation sites excluding steroid dienone is 1. The summed E-state index contributed by atoms with van der Waals surface area (Å²) in [5.41, 5.74) is 2.62. The summed E-state index contributed by atoms with van der Waals surface area (Å²) in [6.07, 6.45) is 2.56. The molecule has 0 radical (unpaired) electrons. The first-order valence-electron chi connectivity index (χ1n) is 13.9. The highest BCUT2D eigenvalue weighted by Gasteiger charge is 2.35. The Morgan fingerprint density at radius 1 is 1.07 bits per heavy atom. The molecule has 0 amide bonds. The van der Waals surface area contributed by atoms with Gasteiger partial charge in [-0.3, -0.25) is 9.36 Å². The Morgan fingerprint density at radius 2 is 1.81 bits per heavy atom. The van der Waals surface area contributed by atoms with Gasteiger partial charge in [-0.05, 0) is 79.9 Å². The molecule has 0 spiro atoms. The summed E-state index contributed by atoms with van der Waals surface area (Å²) in [6, 6.07) is 17.8. The van der Waals surface area contributed by atoms with Crippen LogP contribution < -0.4 is 24.4 Å². The van der Waals surface area contributed by atoms with Crippen molar-refractivity contribution in [2.45, 2.75) is 39.8 Å². The Balaban J connectivity index is 1.54. The van der Waals surface area contributed by atoms with Crippen molar-refractivity contribution in [1.29, 1.82) is 0 Å². The van der Waals surface area contributed by atoms with Crippen LogP contribution in [0, 0.1) is 5.82 Å². The molecule has 222 valence electrons. The normalized spacial score (nSPS) is 14.7. The number of esters is 1. The van der Waals surface area contributed by atoms with Crippen molar-refractivity contribution in [3.05, 3.63) is 125 Å². The highest BCUT2D eigenvalue weighted by Crippen LogP contribution is 2.37. The van der Waals surface area contributed by atoms with Crippen LogP contribution in [0.25, 0.3) is 6.08 Å². The van der Waals surface area contributed by atoms with E-state index in [1.165, 1.54) is 28.0 Å². The van der Waals surface area contributed by atoms with Crippen LogP contribution in [0.3, 0.4) is 0 Å². The van der Waals surface area contributed by atoms with E-state index < -0.39 is 12.0 Å². The topological polar surface area (TPSA) is 79.1 Å². The summed E-state index contributed by atoms with van der Waals surface area (Å²) in [6.45, 7) is 6.39. The van der Waals surface area contributed by atoms with Crippen molar-refractivity contribution in [2.24, 2.45) is 4.99 Å². The van der Waals surface area contributed by atoms with E-state index in [2.05, 4.69) is 4.99 Å². The summed E-state index contributed by atoms with van der Waals surface area (Å²) in [5.74, 6) is 0.312. The van der Waals surface area contributed by atoms with Crippen LogP contribution >= 0.6 is 22.9 Å². The predicted molar refractivity (Wildman–Crippen MR) is 165 cm³/mol. The number of aromatic nitrogens is 1. The SMILES string of the molecule is CCCOc1ccc(Cl)cc1C1C(C(=O)OCC)=C(C)N=c2s/c(=C\c3ccc(OCc4ccc(F)cc4)cc3)c(=O)n21. The van der Waals surface area contributed by atoms with E-state index in [1.807, 2.05) is 31.2 Å². The number of carbonyl (C=O) groups is 1. The molecule has 3 aromatic carbocycles. The fourth-order valence-electron chi connectivity index (χ4n) is 4.72. The maximum atomic E-state index is 14.0. The molecule has 7 nitrogen and oxygen atoms in total. The molecule has 0 N–H and O–H groups in total. The van der Waals surface area contributed by atoms with Crippen LogP contribution in [0.4, 0.5) is 4.39 Å². The van der Waals surface area contributed by atoms with Crippen molar-refractivity contribution in [3.63, 3.8) is 0 Å². The van der Waals surface area contributed by atoms with E-state index in [0.29, 0.717) is 50.3 Å². The summed E-state index contributed by atoms with van der Waals surface area (Å²) >= 11 is 7.66. The fraction of sp³-hybridized carbons (Fsp3) is 0.242. The molecular weight excluding hydrogens is 591 g/mol. The molecule has 4 aromatic rings. The average molecular weight is 621 g/mol. The molecule has 0 aliphatic carbocycles. The average Bonchev–Trinajstić information content (AvgIpc) is 3.30. The van der Waals surface area contributed by atoms with E-state index in [-0.39, 0.29) is 23.6 Å². The quantitative estimate of drug-likeness (QED) is 0.205. The summed E-state index contributed by atoms with van der Waals surface area (Å²) in [7, 11) is 0. The number of hydrogen-bond acceptors (Lipinski definition) is 7. The van der Waals surface area contributed by atoms with Gasteiger partial charge < -0.3 is 14.2 Å². The molecule has 10 heteroatoms. The lowest BCUT2D eigenvalue weighted by Crippen LogP contribution is -2.40. The zero-order valence-corrected chi connectivity index (χ0v) is 25.5. The summed E-state index contributed by atoms with van der Waals surface area (Å²) < 4.78 is 32.4. The maximum Gasteiger partial charge on any atom is 0.338 e. The van der Waals surface area contributed by atoms with Crippen molar-refractivity contribution in [1.82, 2.24) is 4.57 Å². The minimum atomic E-state index is -0.842. The number of nitrogens with zero attached hydrogens (tertiary/aromatic N) is 2. The molecule has 1 aromatic heterocycles. The van der Waals surface area contributed by atoms with Crippen molar-refractivity contribution < 1.29 is 23.4 Å². The van der Waals surface area contributed by atoms with E-state index in [9.17, 15) is 14.0 Å². The van der Waals surface area contributed by atoms with Crippen LogP contribution in [-0.2, 0) is 16.1 Å². The minimum Gasteiger partial charge on any atom is -0.493 e.